The van der Waals surface area contributed by atoms with Gasteiger partial charge >= 0.3 is 0 Å². The number of benzene rings is 1. The third-order valence-corrected chi connectivity index (χ3v) is 1.81. The van der Waals surface area contributed by atoms with E-state index in [-0.39, 0.29) is 0 Å². The number of para-hydroxylation sites is 1. The Balaban J connectivity index is 2.68. The summed E-state index contributed by atoms with van der Waals surface area (Å²) in [4.78, 5) is 0. The molecule has 0 aliphatic heterocycles. The molecule has 0 spiro atoms. The minimum atomic E-state index is 0.843. The van der Waals surface area contributed by atoms with Gasteiger partial charge in [-0.1, -0.05) is 24.0 Å². The summed E-state index contributed by atoms with van der Waals surface area (Å²) in [5.74, 6) is 11.5. The molecule has 74 valence electrons. The van der Waals surface area contributed by atoms with Gasteiger partial charge in [-0.05, 0) is 19.2 Å². The number of anilines is 1. The molecule has 1 aromatic rings. The van der Waals surface area contributed by atoms with E-state index in [0.717, 1.165) is 24.2 Å². The molecule has 4 N–H and O–H groups in total. The van der Waals surface area contributed by atoms with E-state index in [2.05, 4.69) is 22.6 Å². The molecular weight excluding hydrogens is 174 g/mol. The zero-order chi connectivity index (χ0) is 10.2. The van der Waals surface area contributed by atoms with Crippen LogP contribution in [0.3, 0.4) is 0 Å². The molecule has 0 fully saturated rings. The summed E-state index contributed by atoms with van der Waals surface area (Å²) in [5.41, 5.74) is 4.42. The van der Waals surface area contributed by atoms with Gasteiger partial charge in [-0.3, -0.25) is 5.84 Å². The predicted octanol–water partition coefficient (Wildman–Crippen LogP) is 0.933. The molecule has 0 saturated carbocycles. The van der Waals surface area contributed by atoms with Crippen LogP contribution < -0.4 is 16.6 Å². The van der Waals surface area contributed by atoms with Crippen molar-refractivity contribution >= 4 is 5.69 Å². The van der Waals surface area contributed by atoms with Gasteiger partial charge in [-0.15, -0.1) is 0 Å². The van der Waals surface area contributed by atoms with Crippen molar-refractivity contribution in [2.45, 2.75) is 6.42 Å². The van der Waals surface area contributed by atoms with Crippen molar-refractivity contribution in [3.8, 4) is 11.8 Å². The molecule has 0 amide bonds. The van der Waals surface area contributed by atoms with Crippen molar-refractivity contribution in [3.05, 3.63) is 29.8 Å². The highest BCUT2D eigenvalue weighted by molar-refractivity contribution is 5.58. The number of nitrogens with two attached hydrogens (primary N) is 1. The molecule has 0 bridgehead atoms. The zero-order valence-corrected chi connectivity index (χ0v) is 8.30. The highest BCUT2D eigenvalue weighted by Crippen LogP contribution is 2.11. The first-order valence-corrected chi connectivity index (χ1v) is 4.57. The molecule has 0 aliphatic carbocycles. The monoisotopic (exact) mass is 189 g/mol. The lowest BCUT2D eigenvalue weighted by molar-refractivity contribution is 0.818. The lowest BCUT2D eigenvalue weighted by Gasteiger charge is -2.01. The van der Waals surface area contributed by atoms with Gasteiger partial charge in [0.15, 0.2) is 0 Å². The van der Waals surface area contributed by atoms with E-state index in [1.54, 1.807) is 0 Å². The Morgan fingerprint density at radius 2 is 2.14 bits per heavy atom. The first-order chi connectivity index (χ1) is 6.88. The number of hydrogen-bond donors (Lipinski definition) is 3. The number of nitrogens with one attached hydrogen (secondary N) is 2. The molecule has 3 heteroatoms. The van der Waals surface area contributed by atoms with Gasteiger partial charge in [0.25, 0.3) is 0 Å². The molecule has 1 aromatic carbocycles. The number of hydrogen-bond acceptors (Lipinski definition) is 3. The molecule has 0 saturated heterocycles. The van der Waals surface area contributed by atoms with E-state index in [9.17, 15) is 0 Å². The summed E-state index contributed by atoms with van der Waals surface area (Å²) in [6.07, 6.45) is 0.843. The van der Waals surface area contributed by atoms with Crippen molar-refractivity contribution in [3.63, 3.8) is 0 Å². The second-order valence-corrected chi connectivity index (χ2v) is 2.85. The van der Waals surface area contributed by atoms with Gasteiger partial charge in [0.2, 0.25) is 0 Å². The number of rotatable bonds is 3. The Bertz CT molecular complexity index is 336. The van der Waals surface area contributed by atoms with Gasteiger partial charge in [-0.2, -0.15) is 0 Å². The summed E-state index contributed by atoms with van der Waals surface area (Å²) in [7, 11) is 1.91. The normalized spacial score (nSPS) is 9.00. The molecule has 14 heavy (non-hydrogen) atoms. The fourth-order valence-electron chi connectivity index (χ4n) is 1.06. The third kappa shape index (κ3) is 3.09. The van der Waals surface area contributed by atoms with Crippen molar-refractivity contribution in [1.29, 1.82) is 0 Å². The molecule has 0 unspecified atom stereocenters. The summed E-state index contributed by atoms with van der Waals surface area (Å²) in [6, 6.07) is 7.72. The van der Waals surface area contributed by atoms with E-state index < -0.39 is 0 Å². The van der Waals surface area contributed by atoms with E-state index in [4.69, 9.17) is 5.84 Å². The smallest absolute Gasteiger partial charge is 0.0641 e. The Morgan fingerprint density at radius 1 is 1.36 bits per heavy atom. The van der Waals surface area contributed by atoms with Crippen LogP contribution in [-0.4, -0.2) is 13.6 Å². The maximum atomic E-state index is 5.35. The van der Waals surface area contributed by atoms with E-state index in [1.807, 2.05) is 31.3 Å². The Labute approximate surface area is 84.7 Å². The Kier molecular flexibility index (Phi) is 4.56. The minimum absolute atomic E-state index is 0.843. The van der Waals surface area contributed by atoms with E-state index in [0.29, 0.717) is 0 Å². The van der Waals surface area contributed by atoms with Gasteiger partial charge in [0.1, 0.15) is 0 Å². The molecule has 0 atom stereocenters. The number of nitrogen functional groups attached to an aromatic ring is 1. The molecule has 3 nitrogen and oxygen atoms in total. The largest absolute Gasteiger partial charge is 0.323 e. The van der Waals surface area contributed by atoms with Gasteiger partial charge < -0.3 is 10.7 Å². The van der Waals surface area contributed by atoms with Crippen molar-refractivity contribution in [2.24, 2.45) is 5.84 Å². The standard InChI is InChI=1S/C11H15N3/c1-13-9-5-4-7-10-6-2-3-8-11(10)14-12/h2-3,6,8,13-14H,5,9,12H2,1H3. The highest BCUT2D eigenvalue weighted by atomic mass is 15.2. The summed E-state index contributed by atoms with van der Waals surface area (Å²) in [6.45, 7) is 0.908. The molecule has 0 aliphatic rings. The fraction of sp³-hybridized carbons (Fsp3) is 0.273. The van der Waals surface area contributed by atoms with Crippen molar-refractivity contribution in [1.82, 2.24) is 5.32 Å². The SMILES string of the molecule is CNCCC#Cc1ccccc1NN. The second kappa shape index (κ2) is 6.03. The maximum Gasteiger partial charge on any atom is 0.0641 e. The highest BCUT2D eigenvalue weighted by Gasteiger charge is 1.93. The fourth-order valence-corrected chi connectivity index (χ4v) is 1.06. The summed E-state index contributed by atoms with van der Waals surface area (Å²) >= 11 is 0. The van der Waals surface area contributed by atoms with Crippen LogP contribution >= 0.6 is 0 Å². The first-order valence-electron chi connectivity index (χ1n) is 4.57. The van der Waals surface area contributed by atoms with Crippen molar-refractivity contribution < 1.29 is 0 Å². The molecule has 0 heterocycles. The van der Waals surface area contributed by atoms with E-state index >= 15 is 0 Å². The molecule has 0 radical (unpaired) electrons. The van der Waals surface area contributed by atoms with Crippen LogP contribution in [0.25, 0.3) is 0 Å². The topological polar surface area (TPSA) is 50.1 Å². The molecule has 1 rings (SSSR count). The van der Waals surface area contributed by atoms with Crippen LogP contribution in [0.2, 0.25) is 0 Å². The number of hydrazine groups is 1. The van der Waals surface area contributed by atoms with Crippen LogP contribution in [0.4, 0.5) is 5.69 Å². The minimum Gasteiger partial charge on any atom is -0.323 e. The quantitative estimate of drug-likeness (QED) is 0.287. The van der Waals surface area contributed by atoms with Crippen LogP contribution in [-0.2, 0) is 0 Å². The average molecular weight is 189 g/mol. The average Bonchev–Trinajstić information content (AvgIpc) is 2.25. The molecular formula is C11H15N3. The first kappa shape index (κ1) is 10.6. The Morgan fingerprint density at radius 3 is 2.86 bits per heavy atom. The molecule has 0 aromatic heterocycles. The third-order valence-electron chi connectivity index (χ3n) is 1.81. The lowest BCUT2D eigenvalue weighted by Crippen LogP contribution is -2.08. The summed E-state index contributed by atoms with van der Waals surface area (Å²) in [5, 5.41) is 3.04. The van der Waals surface area contributed by atoms with Crippen molar-refractivity contribution in [2.75, 3.05) is 19.0 Å². The maximum absolute atomic E-state index is 5.35. The van der Waals surface area contributed by atoms with Crippen LogP contribution in [0.5, 0.6) is 0 Å². The van der Waals surface area contributed by atoms with Crippen LogP contribution in [0, 0.1) is 11.8 Å². The zero-order valence-electron chi connectivity index (χ0n) is 8.30. The van der Waals surface area contributed by atoms with Crippen LogP contribution in [0.15, 0.2) is 24.3 Å². The van der Waals surface area contributed by atoms with Gasteiger partial charge in [0.05, 0.1) is 5.69 Å². The van der Waals surface area contributed by atoms with Gasteiger partial charge in [0, 0.05) is 18.5 Å². The Hall–Kier alpha value is -1.50. The summed E-state index contributed by atoms with van der Waals surface area (Å²) < 4.78 is 0. The van der Waals surface area contributed by atoms with Gasteiger partial charge in [-0.25, -0.2) is 0 Å². The second-order valence-electron chi connectivity index (χ2n) is 2.85. The van der Waals surface area contributed by atoms with E-state index in [1.165, 1.54) is 0 Å². The van der Waals surface area contributed by atoms with Crippen LogP contribution in [0.1, 0.15) is 12.0 Å². The lowest BCUT2D eigenvalue weighted by atomic mass is 10.2. The predicted molar refractivity (Wildman–Crippen MR) is 59.7 cm³/mol.